The normalized spacial score (nSPS) is 20.4. The molecule has 2 aliphatic rings. The summed E-state index contributed by atoms with van der Waals surface area (Å²) in [4.78, 5) is 18.3. The molecule has 0 bridgehead atoms. The van der Waals surface area contributed by atoms with Crippen LogP contribution in [-0.4, -0.2) is 28.9 Å². The Labute approximate surface area is 131 Å². The Balaban J connectivity index is 1.48. The SMILES string of the molecule is O=C1N(CCc2c[nH]c3ccccc23)CCCC12CC=CC2. The van der Waals surface area contributed by atoms with Crippen molar-refractivity contribution in [2.24, 2.45) is 5.41 Å². The van der Waals surface area contributed by atoms with Gasteiger partial charge in [-0.3, -0.25) is 4.79 Å². The first-order chi connectivity index (χ1) is 10.8. The first-order valence-electron chi connectivity index (χ1n) is 8.28. The molecular weight excluding hydrogens is 272 g/mol. The molecule has 3 nitrogen and oxygen atoms in total. The van der Waals surface area contributed by atoms with Gasteiger partial charge in [0.25, 0.3) is 0 Å². The number of rotatable bonds is 3. The summed E-state index contributed by atoms with van der Waals surface area (Å²) in [5, 5.41) is 1.28. The highest BCUT2D eigenvalue weighted by atomic mass is 16.2. The van der Waals surface area contributed by atoms with Crippen LogP contribution in [-0.2, 0) is 11.2 Å². The minimum Gasteiger partial charge on any atom is -0.361 e. The molecule has 2 aromatic rings. The first-order valence-corrected chi connectivity index (χ1v) is 8.28. The van der Waals surface area contributed by atoms with Crippen molar-refractivity contribution in [1.29, 1.82) is 0 Å². The highest BCUT2D eigenvalue weighted by molar-refractivity contribution is 5.85. The zero-order chi connectivity index (χ0) is 15.0. The van der Waals surface area contributed by atoms with Crippen LogP contribution in [0.5, 0.6) is 0 Å². The number of benzene rings is 1. The van der Waals surface area contributed by atoms with E-state index in [0.29, 0.717) is 5.91 Å². The van der Waals surface area contributed by atoms with Crippen LogP contribution < -0.4 is 0 Å². The van der Waals surface area contributed by atoms with Gasteiger partial charge in [-0.15, -0.1) is 0 Å². The summed E-state index contributed by atoms with van der Waals surface area (Å²) >= 11 is 0. The fraction of sp³-hybridized carbons (Fsp3) is 0.421. The molecule has 1 saturated heterocycles. The number of hydrogen-bond donors (Lipinski definition) is 1. The van der Waals surface area contributed by atoms with Crippen LogP contribution in [0.2, 0.25) is 0 Å². The van der Waals surface area contributed by atoms with E-state index >= 15 is 0 Å². The Morgan fingerprint density at radius 3 is 2.86 bits per heavy atom. The summed E-state index contributed by atoms with van der Waals surface area (Å²) in [6.07, 6.45) is 11.5. The molecule has 4 rings (SSSR count). The quantitative estimate of drug-likeness (QED) is 0.861. The van der Waals surface area contributed by atoms with Crippen molar-refractivity contribution in [3.63, 3.8) is 0 Å². The molecule has 0 saturated carbocycles. The fourth-order valence-electron chi connectivity index (χ4n) is 4.04. The second kappa shape index (κ2) is 5.31. The molecule has 1 aliphatic heterocycles. The van der Waals surface area contributed by atoms with Gasteiger partial charge in [0, 0.05) is 30.2 Å². The lowest BCUT2D eigenvalue weighted by atomic mass is 9.77. The molecule has 1 fully saturated rings. The molecule has 1 aromatic heterocycles. The number of aromatic nitrogens is 1. The van der Waals surface area contributed by atoms with E-state index in [4.69, 9.17) is 0 Å². The first kappa shape index (κ1) is 13.6. The van der Waals surface area contributed by atoms with Crippen molar-refractivity contribution in [2.45, 2.75) is 32.1 Å². The van der Waals surface area contributed by atoms with Crippen molar-refractivity contribution in [3.8, 4) is 0 Å². The van der Waals surface area contributed by atoms with E-state index in [1.807, 2.05) is 6.07 Å². The molecule has 114 valence electrons. The van der Waals surface area contributed by atoms with Crippen molar-refractivity contribution in [3.05, 3.63) is 48.2 Å². The van der Waals surface area contributed by atoms with Crippen LogP contribution in [0.25, 0.3) is 10.9 Å². The average molecular weight is 294 g/mol. The molecular formula is C19H22N2O. The van der Waals surface area contributed by atoms with Crippen LogP contribution in [0, 0.1) is 5.41 Å². The number of likely N-dealkylation sites (tertiary alicyclic amines) is 1. The van der Waals surface area contributed by atoms with E-state index in [1.54, 1.807) is 0 Å². The smallest absolute Gasteiger partial charge is 0.229 e. The van der Waals surface area contributed by atoms with E-state index < -0.39 is 0 Å². The number of nitrogens with zero attached hydrogens (tertiary/aromatic N) is 1. The molecule has 22 heavy (non-hydrogen) atoms. The van der Waals surface area contributed by atoms with E-state index in [9.17, 15) is 4.79 Å². The molecule has 1 aliphatic carbocycles. The van der Waals surface area contributed by atoms with Crippen LogP contribution in [0.4, 0.5) is 0 Å². The lowest BCUT2D eigenvalue weighted by Crippen LogP contribution is -2.48. The summed E-state index contributed by atoms with van der Waals surface area (Å²) < 4.78 is 0. The van der Waals surface area contributed by atoms with Gasteiger partial charge in [0.15, 0.2) is 0 Å². The molecule has 3 heteroatoms. The summed E-state index contributed by atoms with van der Waals surface area (Å²) in [5.41, 5.74) is 2.39. The summed E-state index contributed by atoms with van der Waals surface area (Å²) in [7, 11) is 0. The Hall–Kier alpha value is -2.03. The zero-order valence-corrected chi connectivity index (χ0v) is 12.8. The highest BCUT2D eigenvalue weighted by Crippen LogP contribution is 2.42. The van der Waals surface area contributed by atoms with Crippen LogP contribution in [0.15, 0.2) is 42.6 Å². The number of nitrogens with one attached hydrogen (secondary N) is 1. The number of fused-ring (bicyclic) bond motifs is 1. The Kier molecular flexibility index (Phi) is 3.29. The third kappa shape index (κ3) is 2.16. The highest BCUT2D eigenvalue weighted by Gasteiger charge is 2.43. The molecule has 2 heterocycles. The van der Waals surface area contributed by atoms with Crippen molar-refractivity contribution in [1.82, 2.24) is 9.88 Å². The van der Waals surface area contributed by atoms with Gasteiger partial charge in [-0.05, 0) is 43.7 Å². The van der Waals surface area contributed by atoms with Gasteiger partial charge in [-0.25, -0.2) is 0 Å². The molecule has 1 spiro atoms. The number of amides is 1. The van der Waals surface area contributed by atoms with Crippen molar-refractivity contribution < 1.29 is 4.79 Å². The molecule has 1 N–H and O–H groups in total. The third-order valence-electron chi connectivity index (χ3n) is 5.33. The second-order valence-corrected chi connectivity index (χ2v) is 6.67. The average Bonchev–Trinajstić information content (AvgIpc) is 3.17. The van der Waals surface area contributed by atoms with Crippen LogP contribution >= 0.6 is 0 Å². The maximum atomic E-state index is 12.9. The van der Waals surface area contributed by atoms with Crippen LogP contribution in [0.3, 0.4) is 0 Å². The summed E-state index contributed by atoms with van der Waals surface area (Å²) in [6, 6.07) is 8.38. The molecule has 0 atom stereocenters. The monoisotopic (exact) mass is 294 g/mol. The minimum absolute atomic E-state index is 0.0987. The largest absolute Gasteiger partial charge is 0.361 e. The summed E-state index contributed by atoms with van der Waals surface area (Å²) in [6.45, 7) is 1.76. The second-order valence-electron chi connectivity index (χ2n) is 6.67. The molecule has 1 amide bonds. The maximum absolute atomic E-state index is 12.9. The minimum atomic E-state index is -0.0987. The van der Waals surface area contributed by atoms with Gasteiger partial charge in [-0.2, -0.15) is 0 Å². The van der Waals surface area contributed by atoms with Gasteiger partial charge in [0.2, 0.25) is 5.91 Å². The number of hydrogen-bond acceptors (Lipinski definition) is 1. The number of carbonyl (C=O) groups is 1. The number of para-hydroxylation sites is 1. The number of piperidine rings is 1. The van der Waals surface area contributed by atoms with Crippen molar-refractivity contribution >= 4 is 16.8 Å². The number of H-pyrrole nitrogens is 1. The predicted octanol–water partition coefficient (Wildman–Crippen LogP) is 3.67. The maximum Gasteiger partial charge on any atom is 0.229 e. The molecule has 1 aromatic carbocycles. The Morgan fingerprint density at radius 1 is 1.18 bits per heavy atom. The topological polar surface area (TPSA) is 36.1 Å². The van der Waals surface area contributed by atoms with Gasteiger partial charge in [0.1, 0.15) is 0 Å². The third-order valence-corrected chi connectivity index (χ3v) is 5.33. The van der Waals surface area contributed by atoms with E-state index in [-0.39, 0.29) is 5.41 Å². The zero-order valence-electron chi connectivity index (χ0n) is 12.8. The lowest BCUT2D eigenvalue weighted by Gasteiger charge is -2.39. The van der Waals surface area contributed by atoms with E-state index in [2.05, 4.69) is 46.4 Å². The van der Waals surface area contributed by atoms with Gasteiger partial charge < -0.3 is 9.88 Å². The standard InChI is InChI=1S/C19H22N2O/c22-18-19(9-3-4-10-19)11-5-12-21(18)13-8-15-14-20-17-7-2-1-6-16(15)17/h1-4,6-7,14,20H,5,8-13H2. The lowest BCUT2D eigenvalue weighted by molar-refractivity contribution is -0.145. The van der Waals surface area contributed by atoms with E-state index in [1.165, 1.54) is 16.5 Å². The Morgan fingerprint density at radius 2 is 2.00 bits per heavy atom. The van der Waals surface area contributed by atoms with Crippen molar-refractivity contribution in [2.75, 3.05) is 13.1 Å². The molecule has 0 radical (unpaired) electrons. The van der Waals surface area contributed by atoms with Crippen LogP contribution in [0.1, 0.15) is 31.2 Å². The number of allylic oxidation sites excluding steroid dienone is 2. The van der Waals surface area contributed by atoms with E-state index in [0.717, 1.165) is 45.2 Å². The predicted molar refractivity (Wildman–Crippen MR) is 88.6 cm³/mol. The number of carbonyl (C=O) groups excluding carboxylic acids is 1. The summed E-state index contributed by atoms with van der Waals surface area (Å²) in [5.74, 6) is 0.378. The van der Waals surface area contributed by atoms with Gasteiger partial charge in [-0.1, -0.05) is 30.4 Å². The van der Waals surface area contributed by atoms with Gasteiger partial charge >= 0.3 is 0 Å². The van der Waals surface area contributed by atoms with Gasteiger partial charge in [0.05, 0.1) is 5.41 Å². The molecule has 0 unspecified atom stereocenters. The fourth-order valence-corrected chi connectivity index (χ4v) is 4.04. The Bertz CT molecular complexity index is 720. The number of aromatic amines is 1.